The summed E-state index contributed by atoms with van der Waals surface area (Å²) in [6, 6.07) is 0. The van der Waals surface area contributed by atoms with Gasteiger partial charge in [0.15, 0.2) is 9.90 Å². The van der Waals surface area contributed by atoms with Crippen LogP contribution in [0.1, 0.15) is 16.2 Å². The number of ether oxygens (including phenoxy) is 1. The van der Waals surface area contributed by atoms with Gasteiger partial charge in [-0.3, -0.25) is 0 Å². The molecule has 0 spiro atoms. The Hall–Kier alpha value is -1.36. The number of carbonyl (C=O) groups is 1. The molecule has 10 heteroatoms. The maximum Gasteiger partial charge on any atom is 0.358 e. The van der Waals surface area contributed by atoms with Crippen LogP contribution in [0.2, 0.25) is 0 Å². The molecule has 0 fully saturated rings. The number of aromatic nitrogens is 2. The molecule has 0 aliphatic rings. The number of carbonyl (C=O) groups excluding carboxylic acids is 1. The van der Waals surface area contributed by atoms with Gasteiger partial charge in [0.05, 0.1) is 30.4 Å². The molecule has 0 aliphatic heterocycles. The molecule has 0 aromatic carbocycles. The Labute approximate surface area is 117 Å². The summed E-state index contributed by atoms with van der Waals surface area (Å²) in [5.74, 6) is -0.782. The highest BCUT2D eigenvalue weighted by molar-refractivity contribution is 7.91. The van der Waals surface area contributed by atoms with Crippen molar-refractivity contribution in [2.45, 2.75) is 10.8 Å². The zero-order valence-electron chi connectivity index (χ0n) is 9.69. The van der Waals surface area contributed by atoms with Crippen molar-refractivity contribution in [3.8, 4) is 0 Å². The minimum absolute atomic E-state index is 0.0599. The van der Waals surface area contributed by atoms with E-state index in [-0.39, 0.29) is 16.4 Å². The van der Waals surface area contributed by atoms with Crippen molar-refractivity contribution in [3.05, 3.63) is 27.8 Å². The van der Waals surface area contributed by atoms with E-state index in [0.29, 0.717) is 5.69 Å². The van der Waals surface area contributed by atoms with Crippen LogP contribution < -0.4 is 4.72 Å². The van der Waals surface area contributed by atoms with E-state index < -0.39 is 16.0 Å². The predicted molar refractivity (Wildman–Crippen MR) is 69.6 cm³/mol. The molecular formula is C9H9N3O4S3. The average Bonchev–Trinajstić information content (AvgIpc) is 3.06. The average molecular weight is 319 g/mol. The Bertz CT molecular complexity index is 663. The second-order valence-electron chi connectivity index (χ2n) is 3.28. The van der Waals surface area contributed by atoms with Crippen molar-refractivity contribution in [1.82, 2.24) is 14.7 Å². The molecule has 0 bridgehead atoms. The lowest BCUT2D eigenvalue weighted by molar-refractivity contribution is 0.0590. The highest BCUT2D eigenvalue weighted by Crippen LogP contribution is 2.20. The van der Waals surface area contributed by atoms with Gasteiger partial charge < -0.3 is 4.74 Å². The number of sulfonamides is 1. The molecule has 0 radical (unpaired) electrons. The molecule has 2 aromatic heterocycles. The maximum atomic E-state index is 12.1. The Morgan fingerprint density at radius 2 is 2.21 bits per heavy atom. The standard InChI is InChI=1S/C9H9N3O4S3/c1-16-8(13)7-9(18-5-11-7)19(14,15)12-2-6-3-17-4-10-6/h3-5,12H,2H2,1H3. The first kappa shape index (κ1) is 14.1. The zero-order chi connectivity index (χ0) is 13.9. The van der Waals surface area contributed by atoms with Crippen LogP contribution in [-0.2, 0) is 21.3 Å². The van der Waals surface area contributed by atoms with Gasteiger partial charge in [-0.2, -0.15) is 0 Å². The monoisotopic (exact) mass is 319 g/mol. The molecule has 2 aromatic rings. The van der Waals surface area contributed by atoms with Crippen molar-refractivity contribution >= 4 is 38.7 Å². The molecule has 0 saturated carbocycles. The summed E-state index contributed by atoms with van der Waals surface area (Å²) in [6.07, 6.45) is 0. The Morgan fingerprint density at radius 3 is 2.84 bits per heavy atom. The lowest BCUT2D eigenvalue weighted by Gasteiger charge is -2.04. The lowest BCUT2D eigenvalue weighted by Crippen LogP contribution is -2.24. The van der Waals surface area contributed by atoms with Crippen LogP contribution in [0.15, 0.2) is 20.6 Å². The number of rotatable bonds is 5. The first-order valence-corrected chi connectivity index (χ1v) is 8.23. The second kappa shape index (κ2) is 5.74. The molecule has 0 atom stereocenters. The van der Waals surface area contributed by atoms with E-state index in [2.05, 4.69) is 19.4 Å². The number of nitrogens with zero attached hydrogens (tertiary/aromatic N) is 2. The van der Waals surface area contributed by atoms with Crippen molar-refractivity contribution in [1.29, 1.82) is 0 Å². The first-order valence-electron chi connectivity index (χ1n) is 4.93. The third-order valence-corrected chi connectivity index (χ3v) is 5.49. The fourth-order valence-electron chi connectivity index (χ4n) is 1.22. The maximum absolute atomic E-state index is 12.1. The van der Waals surface area contributed by atoms with Crippen LogP contribution in [0.4, 0.5) is 0 Å². The van der Waals surface area contributed by atoms with Crippen LogP contribution in [0, 0.1) is 0 Å². The summed E-state index contributed by atoms with van der Waals surface area (Å²) in [6.45, 7) is 0.0599. The van der Waals surface area contributed by atoms with Gasteiger partial charge in [-0.25, -0.2) is 27.9 Å². The van der Waals surface area contributed by atoms with Crippen LogP contribution in [-0.4, -0.2) is 31.5 Å². The molecule has 0 saturated heterocycles. The van der Waals surface area contributed by atoms with Gasteiger partial charge >= 0.3 is 5.97 Å². The summed E-state index contributed by atoms with van der Waals surface area (Å²) in [5.41, 5.74) is 3.29. The van der Waals surface area contributed by atoms with Crippen LogP contribution in [0.5, 0.6) is 0 Å². The van der Waals surface area contributed by atoms with Crippen LogP contribution in [0.25, 0.3) is 0 Å². The van der Waals surface area contributed by atoms with Gasteiger partial charge in [0.1, 0.15) is 0 Å². The minimum Gasteiger partial charge on any atom is -0.464 e. The molecule has 7 nitrogen and oxygen atoms in total. The normalized spacial score (nSPS) is 11.4. The van der Waals surface area contributed by atoms with Gasteiger partial charge in [-0.05, 0) is 0 Å². The van der Waals surface area contributed by atoms with Gasteiger partial charge in [0.25, 0.3) is 10.0 Å². The fourth-order valence-corrected chi connectivity index (χ4v) is 3.95. The van der Waals surface area contributed by atoms with E-state index in [1.165, 1.54) is 24.0 Å². The van der Waals surface area contributed by atoms with E-state index >= 15 is 0 Å². The van der Waals surface area contributed by atoms with Crippen molar-refractivity contribution in [2.24, 2.45) is 0 Å². The second-order valence-corrected chi connectivity index (χ2v) is 6.82. The van der Waals surface area contributed by atoms with Crippen molar-refractivity contribution < 1.29 is 17.9 Å². The van der Waals surface area contributed by atoms with E-state index in [9.17, 15) is 13.2 Å². The number of hydrogen-bond donors (Lipinski definition) is 1. The molecule has 1 N–H and O–H groups in total. The summed E-state index contributed by atoms with van der Waals surface area (Å²) in [5, 5.41) is 1.73. The quantitative estimate of drug-likeness (QED) is 0.821. The Balaban J connectivity index is 2.20. The molecule has 102 valence electrons. The van der Waals surface area contributed by atoms with Crippen LogP contribution >= 0.6 is 22.7 Å². The summed E-state index contributed by atoms with van der Waals surface area (Å²) in [7, 11) is -2.64. The highest BCUT2D eigenvalue weighted by atomic mass is 32.2. The minimum atomic E-state index is -3.81. The largest absolute Gasteiger partial charge is 0.464 e. The molecular weight excluding hydrogens is 310 g/mol. The molecule has 19 heavy (non-hydrogen) atoms. The third-order valence-electron chi connectivity index (χ3n) is 2.08. The molecule has 0 amide bonds. The number of esters is 1. The van der Waals surface area contributed by atoms with Crippen LogP contribution in [0.3, 0.4) is 0 Å². The van der Waals surface area contributed by atoms with Crippen molar-refractivity contribution in [3.63, 3.8) is 0 Å². The Kier molecular flexibility index (Phi) is 4.24. The van der Waals surface area contributed by atoms with Gasteiger partial charge in [-0.1, -0.05) is 0 Å². The molecule has 2 heterocycles. The lowest BCUT2D eigenvalue weighted by atomic mass is 10.5. The van der Waals surface area contributed by atoms with E-state index in [1.54, 1.807) is 10.9 Å². The van der Waals surface area contributed by atoms with Gasteiger partial charge in [0, 0.05) is 5.38 Å². The van der Waals surface area contributed by atoms with Gasteiger partial charge in [-0.15, -0.1) is 22.7 Å². The smallest absolute Gasteiger partial charge is 0.358 e. The van der Waals surface area contributed by atoms with Gasteiger partial charge in [0.2, 0.25) is 0 Å². The first-order chi connectivity index (χ1) is 9.04. The molecule has 0 unspecified atom stereocenters. The topological polar surface area (TPSA) is 98.2 Å². The number of thiazole rings is 2. The summed E-state index contributed by atoms with van der Waals surface area (Å²) < 4.78 is 30.8. The summed E-state index contributed by atoms with van der Waals surface area (Å²) >= 11 is 2.23. The number of nitrogens with one attached hydrogen (secondary N) is 1. The van der Waals surface area contributed by atoms with E-state index in [1.807, 2.05) is 0 Å². The molecule has 0 aliphatic carbocycles. The predicted octanol–water partition coefficient (Wildman–Crippen LogP) is 0.865. The summed E-state index contributed by atoms with van der Waals surface area (Å²) in [4.78, 5) is 19.1. The third kappa shape index (κ3) is 3.15. The number of hydrogen-bond acceptors (Lipinski definition) is 8. The van der Waals surface area contributed by atoms with Crippen molar-refractivity contribution in [2.75, 3.05) is 7.11 Å². The molecule has 2 rings (SSSR count). The SMILES string of the molecule is COC(=O)c1ncsc1S(=O)(=O)NCc1cscn1. The Morgan fingerprint density at radius 1 is 1.42 bits per heavy atom. The van der Waals surface area contributed by atoms with E-state index in [4.69, 9.17) is 0 Å². The zero-order valence-corrected chi connectivity index (χ0v) is 12.1. The number of methoxy groups -OCH3 is 1. The fraction of sp³-hybridized carbons (Fsp3) is 0.222. The van der Waals surface area contributed by atoms with E-state index in [0.717, 1.165) is 11.3 Å². The highest BCUT2D eigenvalue weighted by Gasteiger charge is 2.26.